The van der Waals surface area contributed by atoms with Gasteiger partial charge in [0.25, 0.3) is 0 Å². The summed E-state index contributed by atoms with van der Waals surface area (Å²) in [6, 6.07) is 0. The van der Waals surface area contributed by atoms with E-state index in [2.05, 4.69) is 20.8 Å². The molecule has 0 unspecified atom stereocenters. The molecular formula is C19H30O4. The standard InChI is InChI=1S/C19H30O4/c1-11(2)5-7-13-15-8-6-12(3)14-9-10-18(4)22-17(21-16(13)20)19(14,15)23-18/h11-15,17H,5-10H2,1-4H3/t12-,13-,14+,15+,17-,18-,19-/m1/s1. The number of carbonyl (C=O) groups excluding carboxylic acids is 1. The van der Waals surface area contributed by atoms with Gasteiger partial charge in [0.15, 0.2) is 5.79 Å². The number of rotatable bonds is 3. The molecule has 7 atom stereocenters. The maximum atomic E-state index is 12.7. The van der Waals surface area contributed by atoms with Gasteiger partial charge in [-0.1, -0.05) is 27.2 Å². The highest BCUT2D eigenvalue weighted by Crippen LogP contribution is 2.63. The highest BCUT2D eigenvalue weighted by molar-refractivity contribution is 5.74. The van der Waals surface area contributed by atoms with Crippen molar-refractivity contribution in [2.24, 2.45) is 29.6 Å². The van der Waals surface area contributed by atoms with E-state index >= 15 is 0 Å². The highest BCUT2D eigenvalue weighted by atomic mass is 16.8. The molecule has 3 saturated heterocycles. The predicted molar refractivity (Wildman–Crippen MR) is 85.4 cm³/mol. The molecule has 1 aliphatic carbocycles. The zero-order valence-corrected chi connectivity index (χ0v) is 14.8. The van der Waals surface area contributed by atoms with Crippen molar-refractivity contribution in [2.75, 3.05) is 0 Å². The number of carbonyl (C=O) groups is 1. The summed E-state index contributed by atoms with van der Waals surface area (Å²) in [6.45, 7) is 8.78. The van der Waals surface area contributed by atoms with Crippen LogP contribution in [-0.2, 0) is 19.0 Å². The normalized spacial score (nSPS) is 51.5. The zero-order valence-electron chi connectivity index (χ0n) is 14.8. The maximum Gasteiger partial charge on any atom is 0.311 e. The van der Waals surface area contributed by atoms with E-state index in [1.54, 1.807) is 0 Å². The molecule has 3 aliphatic heterocycles. The summed E-state index contributed by atoms with van der Waals surface area (Å²) in [5.74, 6) is 1.29. The van der Waals surface area contributed by atoms with Gasteiger partial charge in [-0.05, 0) is 50.4 Å². The fourth-order valence-electron chi connectivity index (χ4n) is 5.71. The molecule has 4 heteroatoms. The van der Waals surface area contributed by atoms with Crippen LogP contribution in [0, 0.1) is 29.6 Å². The smallest absolute Gasteiger partial charge is 0.311 e. The van der Waals surface area contributed by atoms with E-state index in [0.717, 1.165) is 32.1 Å². The third-order valence-corrected chi connectivity index (χ3v) is 6.87. The van der Waals surface area contributed by atoms with Crippen LogP contribution in [0.2, 0.25) is 0 Å². The lowest BCUT2D eigenvalue weighted by atomic mass is 9.56. The SMILES string of the molecule is CC(C)CC[C@H]1C(=O)O[C@@H]2O[C@@]3(C)CC[C@H]4[C@H](C)CC[C@@H]1[C@@]24O3. The first-order valence-electron chi connectivity index (χ1n) is 9.44. The van der Waals surface area contributed by atoms with E-state index in [9.17, 15) is 4.79 Å². The Hall–Kier alpha value is -0.610. The van der Waals surface area contributed by atoms with Gasteiger partial charge in [0, 0.05) is 12.3 Å². The van der Waals surface area contributed by atoms with Crippen LogP contribution in [0.15, 0.2) is 0 Å². The zero-order chi connectivity index (χ0) is 16.4. The Bertz CT molecular complexity index is 504. The van der Waals surface area contributed by atoms with Gasteiger partial charge >= 0.3 is 5.97 Å². The molecule has 130 valence electrons. The predicted octanol–water partition coefficient (Wildman–Crippen LogP) is 3.88. The summed E-state index contributed by atoms with van der Waals surface area (Å²) in [6.07, 6.45) is 5.77. The van der Waals surface area contributed by atoms with E-state index in [1.165, 1.54) is 6.42 Å². The maximum absolute atomic E-state index is 12.7. The molecule has 2 bridgehead atoms. The second-order valence-electron chi connectivity index (χ2n) is 8.86. The molecule has 4 nitrogen and oxygen atoms in total. The van der Waals surface area contributed by atoms with E-state index in [1.807, 2.05) is 6.92 Å². The van der Waals surface area contributed by atoms with Crippen LogP contribution in [0.25, 0.3) is 0 Å². The fraction of sp³-hybridized carbons (Fsp3) is 0.947. The van der Waals surface area contributed by atoms with Crippen LogP contribution >= 0.6 is 0 Å². The number of hydrogen-bond donors (Lipinski definition) is 0. The fourth-order valence-corrected chi connectivity index (χ4v) is 5.71. The molecule has 4 rings (SSSR count). The third-order valence-electron chi connectivity index (χ3n) is 6.87. The van der Waals surface area contributed by atoms with Gasteiger partial charge in [-0.2, -0.15) is 0 Å². The van der Waals surface area contributed by atoms with Gasteiger partial charge in [0.05, 0.1) is 5.92 Å². The van der Waals surface area contributed by atoms with Crippen LogP contribution in [-0.4, -0.2) is 23.6 Å². The van der Waals surface area contributed by atoms with E-state index in [4.69, 9.17) is 14.2 Å². The molecule has 1 saturated carbocycles. The molecule has 4 fully saturated rings. The molecule has 0 aromatic heterocycles. The molecule has 0 aromatic carbocycles. The summed E-state index contributed by atoms with van der Waals surface area (Å²) < 4.78 is 18.6. The van der Waals surface area contributed by atoms with Gasteiger partial charge in [-0.15, -0.1) is 0 Å². The molecule has 0 N–H and O–H groups in total. The number of hydrogen-bond acceptors (Lipinski definition) is 4. The van der Waals surface area contributed by atoms with Gasteiger partial charge in [0.1, 0.15) is 5.60 Å². The van der Waals surface area contributed by atoms with Crippen LogP contribution in [0.5, 0.6) is 0 Å². The first kappa shape index (κ1) is 15.9. The molecule has 1 spiro atoms. The molecule has 3 heterocycles. The van der Waals surface area contributed by atoms with Crippen molar-refractivity contribution in [1.29, 1.82) is 0 Å². The van der Waals surface area contributed by atoms with E-state index in [0.29, 0.717) is 17.8 Å². The molecule has 0 aromatic rings. The third kappa shape index (κ3) is 2.21. The quantitative estimate of drug-likeness (QED) is 0.740. The van der Waals surface area contributed by atoms with Crippen molar-refractivity contribution in [3.05, 3.63) is 0 Å². The van der Waals surface area contributed by atoms with Gasteiger partial charge in [0.2, 0.25) is 6.29 Å². The van der Waals surface area contributed by atoms with Crippen LogP contribution in [0.1, 0.15) is 66.2 Å². The molecule has 23 heavy (non-hydrogen) atoms. The summed E-state index contributed by atoms with van der Waals surface area (Å²) in [7, 11) is 0. The van der Waals surface area contributed by atoms with Crippen LogP contribution in [0.4, 0.5) is 0 Å². The topological polar surface area (TPSA) is 44.8 Å². The van der Waals surface area contributed by atoms with Crippen molar-refractivity contribution in [3.63, 3.8) is 0 Å². The van der Waals surface area contributed by atoms with Crippen molar-refractivity contribution in [1.82, 2.24) is 0 Å². The van der Waals surface area contributed by atoms with Gasteiger partial charge in [-0.3, -0.25) is 4.79 Å². The number of esters is 1. The summed E-state index contributed by atoms with van der Waals surface area (Å²) >= 11 is 0. The Labute approximate surface area is 139 Å². The summed E-state index contributed by atoms with van der Waals surface area (Å²) in [4.78, 5) is 12.7. The Morgan fingerprint density at radius 2 is 2.00 bits per heavy atom. The second kappa shape index (κ2) is 5.19. The average molecular weight is 322 g/mol. The van der Waals surface area contributed by atoms with E-state index < -0.39 is 12.1 Å². The average Bonchev–Trinajstić information content (AvgIpc) is 2.69. The Kier molecular flexibility index (Phi) is 3.59. The number of fused-ring (bicyclic) bond motifs is 1. The largest absolute Gasteiger partial charge is 0.432 e. The Balaban J connectivity index is 1.70. The minimum Gasteiger partial charge on any atom is -0.432 e. The minimum absolute atomic E-state index is 0.0206. The lowest BCUT2D eigenvalue weighted by Crippen LogP contribution is -2.65. The molecule has 0 amide bonds. The molecule has 0 radical (unpaired) electrons. The van der Waals surface area contributed by atoms with Gasteiger partial charge < -0.3 is 14.2 Å². The highest BCUT2D eigenvalue weighted by Gasteiger charge is 2.72. The second-order valence-corrected chi connectivity index (χ2v) is 8.86. The first-order valence-corrected chi connectivity index (χ1v) is 9.44. The first-order chi connectivity index (χ1) is 10.9. The lowest BCUT2D eigenvalue weighted by Gasteiger charge is -2.56. The van der Waals surface area contributed by atoms with Crippen molar-refractivity contribution in [2.45, 2.75) is 83.9 Å². The minimum atomic E-state index is -0.566. The van der Waals surface area contributed by atoms with E-state index in [-0.39, 0.29) is 23.4 Å². The molecule has 4 aliphatic rings. The monoisotopic (exact) mass is 322 g/mol. The van der Waals surface area contributed by atoms with Crippen molar-refractivity contribution in [3.8, 4) is 0 Å². The van der Waals surface area contributed by atoms with Gasteiger partial charge in [-0.25, -0.2) is 0 Å². The lowest BCUT2D eigenvalue weighted by molar-refractivity contribution is -0.265. The van der Waals surface area contributed by atoms with Crippen molar-refractivity contribution >= 4 is 5.97 Å². The van der Waals surface area contributed by atoms with Crippen LogP contribution in [0.3, 0.4) is 0 Å². The summed E-state index contributed by atoms with van der Waals surface area (Å²) in [5.41, 5.74) is -0.389. The number of ether oxygens (including phenoxy) is 3. The molecular weight excluding hydrogens is 292 g/mol. The Morgan fingerprint density at radius 3 is 2.74 bits per heavy atom. The van der Waals surface area contributed by atoms with Crippen molar-refractivity contribution < 1.29 is 19.0 Å². The summed E-state index contributed by atoms with van der Waals surface area (Å²) in [5, 5.41) is 0. The Morgan fingerprint density at radius 1 is 1.22 bits per heavy atom. The van der Waals surface area contributed by atoms with Crippen LogP contribution < -0.4 is 0 Å².